The van der Waals surface area contributed by atoms with Crippen LogP contribution >= 0.6 is 0 Å². The molecule has 142 valence electrons. The van der Waals surface area contributed by atoms with E-state index in [1.807, 2.05) is 16.9 Å². The summed E-state index contributed by atoms with van der Waals surface area (Å²) in [4.78, 5) is 27.8. The van der Waals surface area contributed by atoms with Crippen molar-refractivity contribution < 1.29 is 14.7 Å². The first-order chi connectivity index (χ1) is 13.0. The molecule has 1 aromatic carbocycles. The van der Waals surface area contributed by atoms with Crippen LogP contribution < -0.4 is 0 Å². The smallest absolute Gasteiger partial charge is 0.309 e. The molecule has 0 saturated carbocycles. The molecule has 1 atom stereocenters. The van der Waals surface area contributed by atoms with Crippen molar-refractivity contribution in [1.82, 2.24) is 19.6 Å². The minimum Gasteiger partial charge on any atom is -0.481 e. The van der Waals surface area contributed by atoms with Crippen LogP contribution in [0, 0.1) is 5.92 Å². The zero-order chi connectivity index (χ0) is 19.0. The van der Waals surface area contributed by atoms with E-state index in [0.717, 1.165) is 25.3 Å². The Balaban J connectivity index is 1.41. The second-order valence-corrected chi connectivity index (χ2v) is 7.54. The Morgan fingerprint density at radius 1 is 1.26 bits per heavy atom. The number of aliphatic carboxylic acids is 1. The lowest BCUT2D eigenvalue weighted by Crippen LogP contribution is -2.55. The molecule has 1 amide bonds. The van der Waals surface area contributed by atoms with Crippen molar-refractivity contribution in [3.8, 4) is 5.69 Å². The summed E-state index contributed by atoms with van der Waals surface area (Å²) in [5.74, 6) is -1.49. The maximum absolute atomic E-state index is 12.1. The molecule has 2 fully saturated rings. The van der Waals surface area contributed by atoms with Gasteiger partial charge in [-0.1, -0.05) is 12.1 Å². The molecule has 2 aromatic rings. The van der Waals surface area contributed by atoms with Gasteiger partial charge in [-0.2, -0.15) is 5.10 Å². The van der Waals surface area contributed by atoms with Crippen LogP contribution in [0.15, 0.2) is 42.7 Å². The van der Waals surface area contributed by atoms with Crippen LogP contribution in [0.4, 0.5) is 0 Å². The molecule has 7 heteroatoms. The zero-order valence-electron chi connectivity index (χ0n) is 15.4. The van der Waals surface area contributed by atoms with Crippen molar-refractivity contribution in [2.75, 3.05) is 20.1 Å². The van der Waals surface area contributed by atoms with Crippen molar-refractivity contribution in [3.05, 3.63) is 48.3 Å². The summed E-state index contributed by atoms with van der Waals surface area (Å²) in [6.45, 7) is 2.41. The second kappa shape index (κ2) is 6.81. The van der Waals surface area contributed by atoms with E-state index < -0.39 is 17.4 Å². The number of amides is 1. The van der Waals surface area contributed by atoms with E-state index in [0.29, 0.717) is 12.8 Å². The number of benzene rings is 1. The molecule has 2 aliphatic heterocycles. The van der Waals surface area contributed by atoms with E-state index in [-0.39, 0.29) is 12.3 Å². The minimum absolute atomic E-state index is 0.0509. The quantitative estimate of drug-likeness (QED) is 0.890. The van der Waals surface area contributed by atoms with Gasteiger partial charge >= 0.3 is 5.97 Å². The van der Waals surface area contributed by atoms with E-state index in [4.69, 9.17) is 0 Å². The highest BCUT2D eigenvalue weighted by Gasteiger charge is 2.55. The number of carbonyl (C=O) groups excluding carboxylic acids is 1. The maximum atomic E-state index is 12.1. The number of nitrogens with zero attached hydrogens (tertiary/aromatic N) is 4. The number of carboxylic acids is 1. The average molecular weight is 368 g/mol. The summed E-state index contributed by atoms with van der Waals surface area (Å²) in [6, 6.07) is 10.2. The van der Waals surface area contributed by atoms with Crippen LogP contribution in [-0.4, -0.2) is 62.2 Å². The van der Waals surface area contributed by atoms with Crippen LogP contribution in [0.2, 0.25) is 0 Å². The summed E-state index contributed by atoms with van der Waals surface area (Å²) in [5.41, 5.74) is 1.72. The van der Waals surface area contributed by atoms with Gasteiger partial charge < -0.3 is 10.0 Å². The third kappa shape index (κ3) is 3.12. The van der Waals surface area contributed by atoms with Crippen LogP contribution in [0.5, 0.6) is 0 Å². The second-order valence-electron chi connectivity index (χ2n) is 7.54. The number of likely N-dealkylation sites (tertiary alicyclic amines) is 2. The lowest BCUT2D eigenvalue weighted by atomic mass is 9.77. The molecule has 0 bridgehead atoms. The lowest BCUT2D eigenvalue weighted by molar-refractivity contribution is -0.146. The number of hydrogen-bond acceptors (Lipinski definition) is 4. The summed E-state index contributed by atoms with van der Waals surface area (Å²) in [6.07, 6.45) is 5.21. The number of piperidine rings is 1. The Bertz CT molecular complexity index is 823. The standard InChI is InChI=1S/C20H24N4O3/c1-22-18(25)13-17(19(26)27)20(22)7-11-23(12-8-20)14-15-3-5-16(6-4-15)24-10-2-9-21-24/h2-6,9-10,17H,7-8,11-14H2,1H3,(H,26,27)/t17-/m0/s1. The summed E-state index contributed by atoms with van der Waals surface area (Å²) in [5, 5.41) is 13.8. The highest BCUT2D eigenvalue weighted by atomic mass is 16.4. The molecular formula is C20H24N4O3. The van der Waals surface area contributed by atoms with E-state index in [2.05, 4.69) is 34.3 Å². The molecule has 2 aliphatic rings. The van der Waals surface area contributed by atoms with Gasteiger partial charge in [0.2, 0.25) is 5.91 Å². The normalized spacial score (nSPS) is 22.5. The van der Waals surface area contributed by atoms with Crippen molar-refractivity contribution in [1.29, 1.82) is 0 Å². The van der Waals surface area contributed by atoms with Gasteiger partial charge in [0, 0.05) is 45.5 Å². The predicted molar refractivity (Wildman–Crippen MR) is 99.3 cm³/mol. The molecule has 7 nitrogen and oxygen atoms in total. The van der Waals surface area contributed by atoms with Crippen LogP contribution in [0.1, 0.15) is 24.8 Å². The van der Waals surface area contributed by atoms with E-state index in [1.54, 1.807) is 18.1 Å². The van der Waals surface area contributed by atoms with Crippen molar-refractivity contribution in [2.24, 2.45) is 5.92 Å². The van der Waals surface area contributed by atoms with E-state index in [1.165, 1.54) is 5.56 Å². The molecule has 0 radical (unpaired) electrons. The average Bonchev–Trinajstić information content (AvgIpc) is 3.28. The Kier molecular flexibility index (Phi) is 4.47. The first kappa shape index (κ1) is 17.7. The SMILES string of the molecule is CN1C(=O)C[C@@H](C(=O)O)C12CCN(Cc1ccc(-n3cccn3)cc1)CC2. The molecular weight excluding hydrogens is 344 g/mol. The molecule has 2 saturated heterocycles. The van der Waals surface area contributed by atoms with Gasteiger partial charge in [0.05, 0.1) is 17.1 Å². The van der Waals surface area contributed by atoms with Crippen molar-refractivity contribution in [3.63, 3.8) is 0 Å². The number of aromatic nitrogens is 2. The largest absolute Gasteiger partial charge is 0.481 e. The van der Waals surface area contributed by atoms with Gasteiger partial charge in [-0.25, -0.2) is 4.68 Å². The molecule has 0 aliphatic carbocycles. The summed E-state index contributed by atoms with van der Waals surface area (Å²) >= 11 is 0. The molecule has 4 rings (SSSR count). The van der Waals surface area contributed by atoms with Gasteiger partial charge in [-0.3, -0.25) is 14.5 Å². The third-order valence-electron chi connectivity index (χ3n) is 6.20. The van der Waals surface area contributed by atoms with Crippen molar-refractivity contribution >= 4 is 11.9 Å². The minimum atomic E-state index is -0.852. The van der Waals surface area contributed by atoms with Gasteiger partial charge in [0.25, 0.3) is 0 Å². The number of hydrogen-bond donors (Lipinski definition) is 1. The number of rotatable bonds is 4. The third-order valence-corrected chi connectivity index (χ3v) is 6.20. The molecule has 1 spiro atoms. The summed E-state index contributed by atoms with van der Waals surface area (Å²) < 4.78 is 1.83. The van der Waals surface area contributed by atoms with Gasteiger partial charge in [-0.05, 0) is 36.6 Å². The van der Waals surface area contributed by atoms with E-state index in [9.17, 15) is 14.7 Å². The number of carboxylic acid groups (broad SMARTS) is 1. The Morgan fingerprint density at radius 2 is 1.96 bits per heavy atom. The van der Waals surface area contributed by atoms with Crippen molar-refractivity contribution in [2.45, 2.75) is 31.3 Å². The molecule has 1 aromatic heterocycles. The Hall–Kier alpha value is -2.67. The van der Waals surface area contributed by atoms with Gasteiger partial charge in [-0.15, -0.1) is 0 Å². The fourth-order valence-corrected chi connectivity index (χ4v) is 4.52. The highest BCUT2D eigenvalue weighted by Crippen LogP contribution is 2.43. The fourth-order valence-electron chi connectivity index (χ4n) is 4.52. The topological polar surface area (TPSA) is 78.7 Å². The van der Waals surface area contributed by atoms with E-state index >= 15 is 0 Å². The van der Waals surface area contributed by atoms with Crippen LogP contribution in [-0.2, 0) is 16.1 Å². The Labute approximate surface area is 158 Å². The molecule has 27 heavy (non-hydrogen) atoms. The monoisotopic (exact) mass is 368 g/mol. The van der Waals surface area contributed by atoms with Crippen LogP contribution in [0.3, 0.4) is 0 Å². The first-order valence-corrected chi connectivity index (χ1v) is 9.30. The first-order valence-electron chi connectivity index (χ1n) is 9.30. The van der Waals surface area contributed by atoms with Gasteiger partial charge in [0.15, 0.2) is 0 Å². The molecule has 3 heterocycles. The molecule has 0 unspecified atom stereocenters. The predicted octanol–water partition coefficient (Wildman–Crippen LogP) is 1.77. The van der Waals surface area contributed by atoms with Crippen LogP contribution in [0.25, 0.3) is 5.69 Å². The zero-order valence-corrected chi connectivity index (χ0v) is 15.4. The molecule has 1 N–H and O–H groups in total. The highest BCUT2D eigenvalue weighted by molar-refractivity contribution is 5.88. The fraction of sp³-hybridized carbons (Fsp3) is 0.450. The maximum Gasteiger partial charge on any atom is 0.309 e. The van der Waals surface area contributed by atoms with Gasteiger partial charge in [0.1, 0.15) is 0 Å². The number of carbonyl (C=O) groups is 2. The summed E-state index contributed by atoms with van der Waals surface area (Å²) in [7, 11) is 1.76. The lowest BCUT2D eigenvalue weighted by Gasteiger charge is -2.45. The Morgan fingerprint density at radius 3 is 2.56 bits per heavy atom.